The number of hydrogen-bond donors (Lipinski definition) is 3. The maximum atomic E-state index is 13.5. The zero-order valence-corrected chi connectivity index (χ0v) is 33.2. The Morgan fingerprint density at radius 3 is 2.13 bits per heavy atom. The Labute approximate surface area is 310 Å². The highest BCUT2D eigenvalue weighted by atomic mass is 16.7. The zero-order chi connectivity index (χ0) is 38.9. The van der Waals surface area contributed by atoms with Crippen LogP contribution in [0.3, 0.4) is 0 Å². The zero-order valence-electron chi connectivity index (χ0n) is 33.2. The molecule has 300 valence electrons. The van der Waals surface area contributed by atoms with Crippen molar-refractivity contribution in [3.63, 3.8) is 0 Å². The average molecular weight is 742 g/mol. The van der Waals surface area contributed by atoms with Gasteiger partial charge in [0.1, 0.15) is 30.5 Å². The molecule has 0 aromatic carbocycles. The van der Waals surface area contributed by atoms with E-state index in [4.69, 9.17) is 33.2 Å². The molecular formula is C39H67NO12. The average Bonchev–Trinajstić information content (AvgIpc) is 3.10. The summed E-state index contributed by atoms with van der Waals surface area (Å²) in [6, 6.07) is -0.193. The number of carbonyl (C=O) groups is 2. The van der Waals surface area contributed by atoms with Gasteiger partial charge >= 0.3 is 5.97 Å². The molecule has 0 aromatic heterocycles. The molecule has 0 bridgehead atoms. The third kappa shape index (κ3) is 11.6. The van der Waals surface area contributed by atoms with Crippen LogP contribution in [0.1, 0.15) is 80.6 Å². The third-order valence-electron chi connectivity index (χ3n) is 11.1. The number of allylic oxidation sites excluding steroid dienone is 3. The van der Waals surface area contributed by atoms with Crippen LogP contribution in [0.15, 0.2) is 23.8 Å². The quantitative estimate of drug-likeness (QED) is 0.280. The Kier molecular flexibility index (Phi) is 17.8. The summed E-state index contributed by atoms with van der Waals surface area (Å²) >= 11 is 0. The molecule has 3 aliphatic heterocycles. The van der Waals surface area contributed by atoms with E-state index in [0.29, 0.717) is 25.7 Å². The number of ether oxygens (including phenoxy) is 7. The van der Waals surface area contributed by atoms with E-state index in [1.807, 2.05) is 66.6 Å². The number of hydrogen-bond acceptors (Lipinski definition) is 13. The molecule has 0 radical (unpaired) electrons. The summed E-state index contributed by atoms with van der Waals surface area (Å²) in [6.07, 6.45) is -1.13. The van der Waals surface area contributed by atoms with Gasteiger partial charge in [0.25, 0.3) is 0 Å². The molecule has 0 aliphatic carbocycles. The van der Waals surface area contributed by atoms with Crippen LogP contribution in [0, 0.1) is 23.7 Å². The van der Waals surface area contributed by atoms with Gasteiger partial charge in [-0.2, -0.15) is 0 Å². The smallest absolute Gasteiger partial charge is 0.308 e. The predicted octanol–water partition coefficient (Wildman–Crippen LogP) is 3.41. The van der Waals surface area contributed by atoms with Gasteiger partial charge in [-0.25, -0.2) is 0 Å². The van der Waals surface area contributed by atoms with Gasteiger partial charge < -0.3 is 53.4 Å². The third-order valence-corrected chi connectivity index (χ3v) is 11.1. The Morgan fingerprint density at radius 1 is 0.865 bits per heavy atom. The van der Waals surface area contributed by atoms with Crippen molar-refractivity contribution in [2.75, 3.05) is 34.9 Å². The number of aliphatic hydroxyl groups is 3. The standard InChI is InChI=1S/C39H67NO12/c1-12-26-17-22(4)29(41)15-14-21(3)16-27(20-48-39-37(47-11)36(46-10)33(44)25(7)50-39)31(13-2)51-32(43)19-30(42)24(6)35(26)52-38-34(45)28(40(8)9)18-23(5)49-38/h14-16,22-28,30-31,33-39,42,44-45H,12-13,17-20H2,1-11H3. The summed E-state index contributed by atoms with van der Waals surface area (Å²) in [5.41, 5.74) is 0.775. The minimum absolute atomic E-state index is 0.0524. The Hall–Kier alpha value is -1.78. The van der Waals surface area contributed by atoms with E-state index in [1.165, 1.54) is 14.2 Å². The first kappa shape index (κ1) is 44.6. The van der Waals surface area contributed by atoms with E-state index in [9.17, 15) is 24.9 Å². The maximum absolute atomic E-state index is 13.5. The molecule has 2 saturated heterocycles. The van der Waals surface area contributed by atoms with Gasteiger partial charge in [0.2, 0.25) is 0 Å². The van der Waals surface area contributed by atoms with Crippen LogP contribution >= 0.6 is 0 Å². The van der Waals surface area contributed by atoms with Crippen LogP contribution in [-0.4, -0.2) is 140 Å². The van der Waals surface area contributed by atoms with E-state index in [1.54, 1.807) is 19.1 Å². The molecule has 52 heavy (non-hydrogen) atoms. The maximum Gasteiger partial charge on any atom is 0.308 e. The van der Waals surface area contributed by atoms with Crippen molar-refractivity contribution in [3.8, 4) is 0 Å². The van der Waals surface area contributed by atoms with Gasteiger partial charge in [-0.05, 0) is 66.1 Å². The van der Waals surface area contributed by atoms with Crippen LogP contribution in [0.5, 0.6) is 0 Å². The predicted molar refractivity (Wildman–Crippen MR) is 194 cm³/mol. The number of cyclic esters (lactones) is 1. The first-order valence-corrected chi connectivity index (χ1v) is 19.0. The molecule has 13 nitrogen and oxygen atoms in total. The largest absolute Gasteiger partial charge is 0.462 e. The molecule has 3 N–H and O–H groups in total. The van der Waals surface area contributed by atoms with Crippen LogP contribution in [0.4, 0.5) is 0 Å². The lowest BCUT2D eigenvalue weighted by Gasteiger charge is -2.44. The van der Waals surface area contributed by atoms with Crippen LogP contribution in [0.2, 0.25) is 0 Å². The van der Waals surface area contributed by atoms with Gasteiger partial charge in [0.15, 0.2) is 18.4 Å². The highest BCUT2D eigenvalue weighted by Crippen LogP contribution is 2.35. The molecule has 2 fully saturated rings. The van der Waals surface area contributed by atoms with Gasteiger partial charge in [0, 0.05) is 38.0 Å². The fraction of sp³-hybridized carbons (Fsp3) is 0.846. The van der Waals surface area contributed by atoms with Crippen molar-refractivity contribution in [1.29, 1.82) is 0 Å². The molecule has 0 amide bonds. The number of methoxy groups -OCH3 is 2. The van der Waals surface area contributed by atoms with Gasteiger partial charge in [-0.3, -0.25) is 9.59 Å². The highest BCUT2D eigenvalue weighted by molar-refractivity contribution is 5.91. The second-order valence-electron chi connectivity index (χ2n) is 15.3. The lowest BCUT2D eigenvalue weighted by molar-refractivity contribution is -0.304. The summed E-state index contributed by atoms with van der Waals surface area (Å²) < 4.78 is 42.1. The van der Waals surface area contributed by atoms with E-state index >= 15 is 0 Å². The Bertz CT molecular complexity index is 1180. The van der Waals surface area contributed by atoms with Crippen molar-refractivity contribution < 1.29 is 58.1 Å². The summed E-state index contributed by atoms with van der Waals surface area (Å²) in [6.45, 7) is 13.2. The normalized spacial score (nSPS) is 41.9. The van der Waals surface area contributed by atoms with Gasteiger partial charge in [0.05, 0.1) is 37.4 Å². The van der Waals surface area contributed by atoms with Crippen molar-refractivity contribution >= 4 is 11.8 Å². The monoisotopic (exact) mass is 741 g/mol. The number of likely N-dealkylation sites (N-methyl/N-ethyl adjacent to an activating group) is 1. The lowest BCUT2D eigenvalue weighted by Crippen LogP contribution is -2.59. The minimum atomic E-state index is -1.14. The van der Waals surface area contributed by atoms with Crippen molar-refractivity contribution in [2.24, 2.45) is 23.7 Å². The number of ketones is 1. The summed E-state index contributed by atoms with van der Waals surface area (Å²) in [5, 5.41) is 33.5. The first-order chi connectivity index (χ1) is 24.6. The van der Waals surface area contributed by atoms with E-state index in [-0.39, 0.29) is 42.8 Å². The summed E-state index contributed by atoms with van der Waals surface area (Å²) in [7, 11) is 6.79. The second-order valence-corrected chi connectivity index (χ2v) is 15.3. The van der Waals surface area contributed by atoms with Gasteiger partial charge in [-0.15, -0.1) is 0 Å². The molecule has 0 saturated carbocycles. The second kappa shape index (κ2) is 20.8. The molecule has 0 spiro atoms. The summed E-state index contributed by atoms with van der Waals surface area (Å²) in [5.74, 6) is -2.21. The lowest BCUT2D eigenvalue weighted by atomic mass is 9.80. The topological polar surface area (TPSA) is 163 Å². The van der Waals surface area contributed by atoms with E-state index in [0.717, 1.165) is 5.57 Å². The molecule has 13 heteroatoms. The van der Waals surface area contributed by atoms with E-state index in [2.05, 4.69) is 0 Å². The van der Waals surface area contributed by atoms with Crippen molar-refractivity contribution in [1.82, 2.24) is 4.90 Å². The van der Waals surface area contributed by atoms with Crippen molar-refractivity contribution in [3.05, 3.63) is 23.8 Å². The molecular weight excluding hydrogens is 674 g/mol. The first-order valence-electron chi connectivity index (χ1n) is 19.0. The van der Waals surface area contributed by atoms with E-state index < -0.39 is 79.2 Å². The molecule has 16 unspecified atom stereocenters. The molecule has 0 aromatic rings. The Balaban J connectivity index is 1.93. The minimum Gasteiger partial charge on any atom is -0.462 e. The molecule has 16 atom stereocenters. The fourth-order valence-electron chi connectivity index (χ4n) is 7.72. The van der Waals surface area contributed by atoms with Crippen LogP contribution in [0.25, 0.3) is 0 Å². The van der Waals surface area contributed by atoms with Gasteiger partial charge in [-0.1, -0.05) is 51.8 Å². The van der Waals surface area contributed by atoms with Crippen molar-refractivity contribution in [2.45, 2.75) is 154 Å². The molecule has 3 rings (SSSR count). The van der Waals surface area contributed by atoms with Crippen LogP contribution in [-0.2, 0) is 42.7 Å². The highest BCUT2D eigenvalue weighted by Gasteiger charge is 2.46. The summed E-state index contributed by atoms with van der Waals surface area (Å²) in [4.78, 5) is 29.0. The number of nitrogens with zero attached hydrogens (tertiary/aromatic N) is 1. The fourth-order valence-corrected chi connectivity index (χ4v) is 7.72. The van der Waals surface area contributed by atoms with Crippen LogP contribution < -0.4 is 0 Å². The Morgan fingerprint density at radius 2 is 1.54 bits per heavy atom. The number of rotatable bonds is 10. The number of aliphatic hydroxyl groups excluding tert-OH is 3. The molecule has 3 heterocycles. The number of esters is 1. The number of carbonyl (C=O) groups excluding carboxylic acids is 2. The molecule has 3 aliphatic rings. The SMILES string of the molecule is CCC1CC(C)C(=O)C=CC(C)=CC(COC2OC(C)C(O)C(OC)C2OC)C(CC)OC(=O)CC(O)C(C)C1OC1OC(C)CC(N(C)C)C1O.